The van der Waals surface area contributed by atoms with E-state index in [-0.39, 0.29) is 29.3 Å². The summed E-state index contributed by atoms with van der Waals surface area (Å²) in [6.07, 6.45) is -3.35. The lowest BCUT2D eigenvalue weighted by Gasteiger charge is -2.27. The van der Waals surface area contributed by atoms with Crippen LogP contribution in [0.15, 0.2) is 60.7 Å². The quantitative estimate of drug-likeness (QED) is 0.175. The third kappa shape index (κ3) is 6.59. The van der Waals surface area contributed by atoms with Crippen molar-refractivity contribution in [2.45, 2.75) is 44.2 Å². The highest BCUT2D eigenvalue weighted by molar-refractivity contribution is 6.35. The van der Waals surface area contributed by atoms with Gasteiger partial charge in [0, 0.05) is 28.4 Å². The molecule has 0 aliphatic rings. The molecule has 2 atom stereocenters. The number of nitrogens with one attached hydrogen (secondary N) is 2. The molecule has 0 aliphatic carbocycles. The largest absolute Gasteiger partial charge is 0.481 e. The third-order valence-corrected chi connectivity index (χ3v) is 7.28. The lowest BCUT2D eigenvalue weighted by atomic mass is 9.76. The van der Waals surface area contributed by atoms with Crippen LogP contribution in [-0.2, 0) is 11.0 Å². The van der Waals surface area contributed by atoms with Gasteiger partial charge in [0.15, 0.2) is 0 Å². The maximum atomic E-state index is 13.7. The van der Waals surface area contributed by atoms with E-state index in [4.69, 9.17) is 28.3 Å². The van der Waals surface area contributed by atoms with E-state index in [2.05, 4.69) is 15.5 Å². The number of alkyl halides is 3. The Bertz CT molecular complexity index is 1500. The third-order valence-electron chi connectivity index (χ3n) is 6.73. The van der Waals surface area contributed by atoms with Gasteiger partial charge in [0.25, 0.3) is 5.91 Å². The van der Waals surface area contributed by atoms with Crippen molar-refractivity contribution in [3.63, 3.8) is 0 Å². The van der Waals surface area contributed by atoms with Gasteiger partial charge in [0.2, 0.25) is 0 Å². The molecular formula is C29H26Cl2F3N3O3. The Balaban J connectivity index is 1.80. The zero-order valence-electron chi connectivity index (χ0n) is 21.4. The Kier molecular flexibility index (Phi) is 9.05. The van der Waals surface area contributed by atoms with Crippen LogP contribution >= 0.6 is 23.2 Å². The van der Waals surface area contributed by atoms with Gasteiger partial charge in [-0.15, -0.1) is 0 Å². The van der Waals surface area contributed by atoms with Crippen LogP contribution in [0.25, 0.3) is 10.9 Å². The molecule has 3 N–H and O–H groups in total. The molecule has 0 spiro atoms. The van der Waals surface area contributed by atoms with Crippen molar-refractivity contribution in [3.05, 3.63) is 98.7 Å². The predicted molar refractivity (Wildman–Crippen MR) is 148 cm³/mol. The zero-order valence-corrected chi connectivity index (χ0v) is 22.9. The number of carboxylic acids is 1. The van der Waals surface area contributed by atoms with Gasteiger partial charge in [-0.2, -0.15) is 18.3 Å². The van der Waals surface area contributed by atoms with Crippen LogP contribution in [0.3, 0.4) is 0 Å². The molecule has 0 saturated heterocycles. The second-order valence-electron chi connectivity index (χ2n) is 9.43. The number of nitrogens with zero attached hydrogens (tertiary/aromatic N) is 1. The topological polar surface area (TPSA) is 95.1 Å². The van der Waals surface area contributed by atoms with Crippen molar-refractivity contribution in [1.29, 1.82) is 0 Å². The molecule has 4 rings (SSSR count). The lowest BCUT2D eigenvalue weighted by molar-refractivity contribution is -0.138. The number of H-pyrrole nitrogens is 1. The number of carboxylic acid groups (broad SMARTS) is 1. The fourth-order valence-electron chi connectivity index (χ4n) is 4.85. The number of aromatic nitrogens is 2. The fourth-order valence-corrected chi connectivity index (χ4v) is 5.24. The highest BCUT2D eigenvalue weighted by Gasteiger charge is 2.34. The van der Waals surface area contributed by atoms with Gasteiger partial charge in [-0.1, -0.05) is 60.8 Å². The molecule has 0 radical (unpaired) electrons. The van der Waals surface area contributed by atoms with E-state index in [1.807, 2.05) is 19.1 Å². The predicted octanol–water partition coefficient (Wildman–Crippen LogP) is 7.81. The number of hydrogen-bond acceptors (Lipinski definition) is 3. The minimum atomic E-state index is -4.59. The summed E-state index contributed by atoms with van der Waals surface area (Å²) in [6, 6.07) is 16.0. The fraction of sp³-hybridized carbons (Fsp3) is 0.276. The normalized spacial score (nSPS) is 13.2. The Labute approximate surface area is 238 Å². The second kappa shape index (κ2) is 12.3. The van der Waals surface area contributed by atoms with Gasteiger partial charge >= 0.3 is 12.1 Å². The lowest BCUT2D eigenvalue weighted by Crippen LogP contribution is -2.26. The molecular weight excluding hydrogens is 566 g/mol. The monoisotopic (exact) mass is 591 g/mol. The molecule has 0 fully saturated rings. The van der Waals surface area contributed by atoms with Crippen LogP contribution in [0.2, 0.25) is 10.0 Å². The molecule has 40 heavy (non-hydrogen) atoms. The summed E-state index contributed by atoms with van der Waals surface area (Å²) in [7, 11) is 0. The van der Waals surface area contributed by atoms with Crippen molar-refractivity contribution in [2.75, 3.05) is 6.54 Å². The SMILES string of the molecule is CCCC(c1ccc(C(=O)NCCC(=O)O)cc1)C(c1ccc(Cl)cc1)c1n[nH]c2c(Cl)cc(C(F)(F)F)cc12. The van der Waals surface area contributed by atoms with Crippen LogP contribution in [0.1, 0.15) is 70.8 Å². The molecule has 4 aromatic rings. The Morgan fingerprint density at radius 2 is 1.68 bits per heavy atom. The number of benzene rings is 3. The molecule has 3 aromatic carbocycles. The first-order chi connectivity index (χ1) is 19.0. The summed E-state index contributed by atoms with van der Waals surface area (Å²) >= 11 is 12.4. The van der Waals surface area contributed by atoms with Gasteiger partial charge in [0.05, 0.1) is 28.2 Å². The molecule has 0 saturated carbocycles. The molecule has 0 aliphatic heterocycles. The molecule has 0 bridgehead atoms. The maximum Gasteiger partial charge on any atom is 0.416 e. The van der Waals surface area contributed by atoms with Crippen molar-refractivity contribution < 1.29 is 27.9 Å². The van der Waals surface area contributed by atoms with Crippen LogP contribution < -0.4 is 5.32 Å². The van der Waals surface area contributed by atoms with E-state index in [9.17, 15) is 22.8 Å². The molecule has 1 aromatic heterocycles. The number of amides is 1. The van der Waals surface area contributed by atoms with Gasteiger partial charge in [0.1, 0.15) is 0 Å². The minimum absolute atomic E-state index is 0.00171. The number of hydrogen-bond donors (Lipinski definition) is 3. The minimum Gasteiger partial charge on any atom is -0.481 e. The molecule has 210 valence electrons. The summed E-state index contributed by atoms with van der Waals surface area (Å²) in [5, 5.41) is 19.4. The zero-order chi connectivity index (χ0) is 29.0. The summed E-state index contributed by atoms with van der Waals surface area (Å²) in [6.45, 7) is 2.01. The Morgan fingerprint density at radius 1 is 1.02 bits per heavy atom. The number of carbonyl (C=O) groups excluding carboxylic acids is 1. The van der Waals surface area contributed by atoms with Gasteiger partial charge < -0.3 is 10.4 Å². The van der Waals surface area contributed by atoms with E-state index < -0.39 is 29.5 Å². The number of carbonyl (C=O) groups is 2. The van der Waals surface area contributed by atoms with E-state index in [1.165, 1.54) is 0 Å². The summed E-state index contributed by atoms with van der Waals surface area (Å²) in [4.78, 5) is 23.2. The number of fused-ring (bicyclic) bond motifs is 1. The number of rotatable bonds is 10. The number of aliphatic carboxylic acids is 1. The Morgan fingerprint density at radius 3 is 2.27 bits per heavy atom. The summed E-state index contributed by atoms with van der Waals surface area (Å²) < 4.78 is 41.1. The number of halogens is 5. The van der Waals surface area contributed by atoms with Crippen molar-refractivity contribution in [3.8, 4) is 0 Å². The van der Waals surface area contributed by atoms with E-state index in [0.717, 1.165) is 29.7 Å². The standard InChI is InChI=1S/C29H26Cl2F3N3O3/c1-2-3-21(16-4-6-18(7-5-16)28(40)35-13-12-24(38)39)25(17-8-10-20(30)11-9-17)27-22-14-19(29(32,33)34)15-23(31)26(22)36-37-27/h4-11,14-15,21,25H,2-3,12-13H2,1H3,(H,35,40)(H,36,37)(H,38,39). The van der Waals surface area contributed by atoms with E-state index in [0.29, 0.717) is 28.2 Å². The first-order valence-electron chi connectivity index (χ1n) is 12.6. The van der Waals surface area contributed by atoms with E-state index in [1.54, 1.807) is 36.4 Å². The highest BCUT2D eigenvalue weighted by atomic mass is 35.5. The van der Waals surface area contributed by atoms with Crippen LogP contribution in [-0.4, -0.2) is 33.7 Å². The Hall–Kier alpha value is -3.56. The second-order valence-corrected chi connectivity index (χ2v) is 10.3. The average molecular weight is 592 g/mol. The average Bonchev–Trinajstić information content (AvgIpc) is 3.33. The van der Waals surface area contributed by atoms with Gasteiger partial charge in [-0.25, -0.2) is 0 Å². The molecule has 2 unspecified atom stereocenters. The highest BCUT2D eigenvalue weighted by Crippen LogP contribution is 2.45. The molecule has 1 amide bonds. The van der Waals surface area contributed by atoms with Gasteiger partial charge in [-0.05, 0) is 59.9 Å². The smallest absolute Gasteiger partial charge is 0.416 e. The molecule has 11 heteroatoms. The first kappa shape index (κ1) is 29.4. The van der Waals surface area contributed by atoms with Crippen molar-refractivity contribution in [2.24, 2.45) is 0 Å². The van der Waals surface area contributed by atoms with Crippen molar-refractivity contribution in [1.82, 2.24) is 15.5 Å². The number of aromatic amines is 1. The van der Waals surface area contributed by atoms with Crippen LogP contribution in [0.5, 0.6) is 0 Å². The van der Waals surface area contributed by atoms with E-state index >= 15 is 0 Å². The van der Waals surface area contributed by atoms with Crippen molar-refractivity contribution >= 4 is 46.0 Å². The molecule has 6 nitrogen and oxygen atoms in total. The maximum absolute atomic E-state index is 13.7. The first-order valence-corrected chi connectivity index (χ1v) is 13.3. The van der Waals surface area contributed by atoms with Gasteiger partial charge in [-0.3, -0.25) is 14.7 Å². The van der Waals surface area contributed by atoms with Crippen LogP contribution in [0, 0.1) is 0 Å². The summed E-state index contributed by atoms with van der Waals surface area (Å²) in [5.41, 5.74) is 1.89. The molecule has 1 heterocycles. The van der Waals surface area contributed by atoms with Crippen LogP contribution in [0.4, 0.5) is 13.2 Å². The summed E-state index contributed by atoms with van der Waals surface area (Å²) in [5.74, 6) is -2.11.